The summed E-state index contributed by atoms with van der Waals surface area (Å²) >= 11 is 1.45. The van der Waals surface area contributed by atoms with Crippen molar-refractivity contribution >= 4 is 16.5 Å². The van der Waals surface area contributed by atoms with Crippen LogP contribution in [0, 0.1) is 5.92 Å². The van der Waals surface area contributed by atoms with Crippen LogP contribution in [0.3, 0.4) is 0 Å². The first-order valence-corrected chi connectivity index (χ1v) is 6.82. The lowest BCUT2D eigenvalue weighted by atomic mass is 9.95. The highest BCUT2D eigenvalue weighted by atomic mass is 32.1. The van der Waals surface area contributed by atoms with Gasteiger partial charge in [-0.05, 0) is 25.3 Å². The lowest BCUT2D eigenvalue weighted by Crippen LogP contribution is -2.34. The fourth-order valence-corrected chi connectivity index (χ4v) is 2.86. The van der Waals surface area contributed by atoms with Crippen LogP contribution in [-0.4, -0.2) is 34.6 Å². The van der Waals surface area contributed by atoms with Gasteiger partial charge in [0.1, 0.15) is 10.7 Å². The summed E-state index contributed by atoms with van der Waals surface area (Å²) in [5, 5.41) is 8.46. The number of rotatable bonds is 4. The zero-order valence-corrected chi connectivity index (χ0v) is 10.9. The summed E-state index contributed by atoms with van der Waals surface area (Å²) in [4.78, 5) is 2.51. The third-order valence-electron chi connectivity index (χ3n) is 3.34. The fourth-order valence-electron chi connectivity index (χ4n) is 2.34. The van der Waals surface area contributed by atoms with E-state index in [2.05, 4.69) is 26.7 Å². The Kier molecular flexibility index (Phi) is 4.12. The van der Waals surface area contributed by atoms with E-state index in [1.54, 1.807) is 0 Å². The first kappa shape index (κ1) is 11.8. The zero-order chi connectivity index (χ0) is 11.4. The molecule has 0 radical (unpaired) electrons. The van der Waals surface area contributed by atoms with Gasteiger partial charge in [0.15, 0.2) is 0 Å². The van der Waals surface area contributed by atoms with Gasteiger partial charge in [-0.15, -0.1) is 5.10 Å². The average molecular weight is 240 g/mol. The van der Waals surface area contributed by atoms with Crippen molar-refractivity contribution in [3.8, 4) is 0 Å². The van der Waals surface area contributed by atoms with Crippen LogP contribution in [0.15, 0.2) is 0 Å². The number of likely N-dealkylation sites (tertiary alicyclic amines) is 1. The van der Waals surface area contributed by atoms with E-state index in [4.69, 9.17) is 0 Å². The van der Waals surface area contributed by atoms with Crippen molar-refractivity contribution < 1.29 is 0 Å². The minimum absolute atomic E-state index is 0.874. The van der Waals surface area contributed by atoms with Crippen molar-refractivity contribution in [2.45, 2.75) is 32.7 Å². The molecule has 90 valence electrons. The highest BCUT2D eigenvalue weighted by Crippen LogP contribution is 2.23. The Morgan fingerprint density at radius 1 is 1.56 bits per heavy atom. The maximum absolute atomic E-state index is 4.20. The smallest absolute Gasteiger partial charge is 0.134 e. The topological polar surface area (TPSA) is 41.1 Å². The monoisotopic (exact) mass is 240 g/mol. The zero-order valence-electron chi connectivity index (χ0n) is 10.1. The Labute approximate surface area is 101 Å². The normalized spacial score (nSPS) is 22.2. The second kappa shape index (κ2) is 5.59. The van der Waals surface area contributed by atoms with Crippen LogP contribution in [0.2, 0.25) is 0 Å². The number of anilines is 1. The summed E-state index contributed by atoms with van der Waals surface area (Å²) in [5.74, 6) is 0.874. The second-order valence-corrected chi connectivity index (χ2v) is 5.20. The molecule has 16 heavy (non-hydrogen) atoms. The summed E-state index contributed by atoms with van der Waals surface area (Å²) in [5.41, 5.74) is 1.10. The van der Waals surface area contributed by atoms with Crippen LogP contribution < -0.4 is 5.32 Å². The van der Waals surface area contributed by atoms with Crippen LogP contribution in [-0.2, 0) is 6.54 Å². The standard InChI is InChI=1S/C11H20N4S/c1-3-9-5-4-6-15(7-9)8-10-11(12-2)16-14-13-10/h9,12H,3-8H2,1-2H3. The molecule has 0 aromatic carbocycles. The molecule has 1 aromatic heterocycles. The molecule has 0 bridgehead atoms. The SMILES string of the molecule is CCC1CCCN(Cc2nnsc2NC)C1. The van der Waals surface area contributed by atoms with E-state index < -0.39 is 0 Å². The summed E-state index contributed by atoms with van der Waals surface area (Å²) in [6, 6.07) is 0. The predicted octanol–water partition coefficient (Wildman–Crippen LogP) is 2.20. The molecule has 0 amide bonds. The number of nitrogens with one attached hydrogen (secondary N) is 1. The van der Waals surface area contributed by atoms with Gasteiger partial charge < -0.3 is 5.32 Å². The summed E-state index contributed by atoms with van der Waals surface area (Å²) < 4.78 is 4.00. The van der Waals surface area contributed by atoms with Gasteiger partial charge in [0, 0.05) is 31.7 Å². The summed E-state index contributed by atoms with van der Waals surface area (Å²) in [6.07, 6.45) is 4.01. The van der Waals surface area contributed by atoms with Gasteiger partial charge >= 0.3 is 0 Å². The van der Waals surface area contributed by atoms with Gasteiger partial charge in [-0.3, -0.25) is 4.90 Å². The maximum Gasteiger partial charge on any atom is 0.134 e. The van der Waals surface area contributed by atoms with Crippen molar-refractivity contribution in [1.29, 1.82) is 0 Å². The number of hydrogen-bond donors (Lipinski definition) is 1. The third kappa shape index (κ3) is 2.71. The molecule has 2 heterocycles. The van der Waals surface area contributed by atoms with Crippen LogP contribution >= 0.6 is 11.5 Å². The molecule has 0 spiro atoms. The number of hydrogen-bond acceptors (Lipinski definition) is 5. The van der Waals surface area contributed by atoms with Crippen LogP contribution in [0.1, 0.15) is 31.9 Å². The highest BCUT2D eigenvalue weighted by Gasteiger charge is 2.20. The summed E-state index contributed by atoms with van der Waals surface area (Å²) in [7, 11) is 1.93. The molecule has 1 N–H and O–H groups in total. The minimum atomic E-state index is 0.874. The van der Waals surface area contributed by atoms with E-state index in [0.29, 0.717) is 0 Å². The molecule has 5 heteroatoms. The van der Waals surface area contributed by atoms with Crippen molar-refractivity contribution in [2.24, 2.45) is 5.92 Å². The molecule has 1 aromatic rings. The predicted molar refractivity (Wildman–Crippen MR) is 67.7 cm³/mol. The van der Waals surface area contributed by atoms with Crippen molar-refractivity contribution in [3.05, 3.63) is 5.69 Å². The van der Waals surface area contributed by atoms with Gasteiger partial charge in [-0.1, -0.05) is 17.8 Å². The molecule has 1 saturated heterocycles. The molecule has 0 aliphatic carbocycles. The third-order valence-corrected chi connectivity index (χ3v) is 4.12. The van der Waals surface area contributed by atoms with Gasteiger partial charge in [-0.25, -0.2) is 0 Å². The van der Waals surface area contributed by atoms with E-state index >= 15 is 0 Å². The average Bonchev–Trinajstić information content (AvgIpc) is 2.76. The second-order valence-electron chi connectivity index (χ2n) is 4.45. The van der Waals surface area contributed by atoms with Gasteiger partial charge in [0.2, 0.25) is 0 Å². The Morgan fingerprint density at radius 2 is 2.44 bits per heavy atom. The lowest BCUT2D eigenvalue weighted by molar-refractivity contribution is 0.163. The lowest BCUT2D eigenvalue weighted by Gasteiger charge is -2.31. The van der Waals surface area contributed by atoms with E-state index in [0.717, 1.165) is 23.2 Å². The molecule has 1 aliphatic rings. The number of piperidine rings is 1. The summed E-state index contributed by atoms with van der Waals surface area (Å²) in [6.45, 7) is 5.66. The Morgan fingerprint density at radius 3 is 3.19 bits per heavy atom. The van der Waals surface area contributed by atoms with Gasteiger partial charge in [0.05, 0.1) is 0 Å². The van der Waals surface area contributed by atoms with Crippen LogP contribution in [0.4, 0.5) is 5.00 Å². The van der Waals surface area contributed by atoms with Gasteiger partial charge in [0.25, 0.3) is 0 Å². The molecule has 1 unspecified atom stereocenters. The Hall–Kier alpha value is -0.680. The molecule has 1 aliphatic heterocycles. The van der Waals surface area contributed by atoms with Crippen LogP contribution in [0.5, 0.6) is 0 Å². The van der Waals surface area contributed by atoms with Crippen molar-refractivity contribution in [3.63, 3.8) is 0 Å². The molecule has 4 nitrogen and oxygen atoms in total. The van der Waals surface area contributed by atoms with Crippen molar-refractivity contribution in [2.75, 3.05) is 25.5 Å². The Balaban J connectivity index is 1.93. The molecule has 0 saturated carbocycles. The highest BCUT2D eigenvalue weighted by molar-refractivity contribution is 7.10. The molecular formula is C11H20N4S. The fraction of sp³-hybridized carbons (Fsp3) is 0.818. The number of nitrogens with zero attached hydrogens (tertiary/aromatic N) is 3. The molecule has 1 fully saturated rings. The molecule has 1 atom stereocenters. The maximum atomic E-state index is 4.20. The van der Waals surface area contributed by atoms with Crippen molar-refractivity contribution in [1.82, 2.24) is 14.5 Å². The number of aromatic nitrogens is 2. The quantitative estimate of drug-likeness (QED) is 0.876. The van der Waals surface area contributed by atoms with Gasteiger partial charge in [-0.2, -0.15) is 0 Å². The Bertz CT molecular complexity index is 326. The molecular weight excluding hydrogens is 220 g/mol. The van der Waals surface area contributed by atoms with E-state index in [-0.39, 0.29) is 0 Å². The van der Waals surface area contributed by atoms with E-state index in [1.807, 2.05) is 7.05 Å². The first-order valence-electron chi connectivity index (χ1n) is 6.04. The largest absolute Gasteiger partial charge is 0.377 e. The minimum Gasteiger partial charge on any atom is -0.377 e. The molecule has 2 rings (SSSR count). The van der Waals surface area contributed by atoms with E-state index in [9.17, 15) is 0 Å². The van der Waals surface area contributed by atoms with E-state index in [1.165, 1.54) is 43.9 Å². The first-order chi connectivity index (χ1) is 7.83. The van der Waals surface area contributed by atoms with Crippen LogP contribution in [0.25, 0.3) is 0 Å².